The van der Waals surface area contributed by atoms with Crippen molar-refractivity contribution in [1.82, 2.24) is 25.0 Å². The van der Waals surface area contributed by atoms with Crippen LogP contribution in [0, 0.1) is 0 Å². The van der Waals surface area contributed by atoms with Gasteiger partial charge in [0.05, 0.1) is 12.1 Å². The van der Waals surface area contributed by atoms with E-state index in [2.05, 4.69) is 34.3 Å². The maximum Gasteiger partial charge on any atom is 0.251 e. The van der Waals surface area contributed by atoms with Crippen molar-refractivity contribution in [1.29, 1.82) is 0 Å². The molecule has 3 rings (SSSR count). The summed E-state index contributed by atoms with van der Waals surface area (Å²) in [5.41, 5.74) is 1.54. The fourth-order valence-electron chi connectivity index (χ4n) is 2.97. The van der Waals surface area contributed by atoms with Crippen molar-refractivity contribution < 1.29 is 9.53 Å². The van der Waals surface area contributed by atoms with Crippen LogP contribution in [-0.2, 0) is 4.74 Å². The van der Waals surface area contributed by atoms with E-state index < -0.39 is 0 Å². The smallest absolute Gasteiger partial charge is 0.251 e. The molecule has 2 atom stereocenters. The first-order valence-electron chi connectivity index (χ1n) is 8.11. The Morgan fingerprint density at radius 1 is 1.21 bits per heavy atom. The molecule has 1 saturated heterocycles. The SMILES string of the molecule is COC1CN(C(C)C)CC1NC(=O)c1ccc(-n2cnnc2)cc1. The molecule has 0 saturated carbocycles. The van der Waals surface area contributed by atoms with E-state index in [4.69, 9.17) is 4.74 Å². The highest BCUT2D eigenvalue weighted by molar-refractivity contribution is 5.94. The highest BCUT2D eigenvalue weighted by Crippen LogP contribution is 2.17. The molecule has 1 aromatic carbocycles. The number of carbonyl (C=O) groups is 1. The largest absolute Gasteiger partial charge is 0.378 e. The van der Waals surface area contributed by atoms with Crippen molar-refractivity contribution in [3.05, 3.63) is 42.5 Å². The van der Waals surface area contributed by atoms with Gasteiger partial charge in [0.25, 0.3) is 5.91 Å². The summed E-state index contributed by atoms with van der Waals surface area (Å²) in [6.45, 7) is 5.95. The topological polar surface area (TPSA) is 72.3 Å². The zero-order valence-corrected chi connectivity index (χ0v) is 14.2. The van der Waals surface area contributed by atoms with Gasteiger partial charge in [0.2, 0.25) is 0 Å². The van der Waals surface area contributed by atoms with Gasteiger partial charge < -0.3 is 10.1 Å². The molecule has 2 heterocycles. The molecule has 0 aliphatic carbocycles. The summed E-state index contributed by atoms with van der Waals surface area (Å²) in [6, 6.07) is 7.81. The Kier molecular flexibility index (Phi) is 4.92. The van der Waals surface area contributed by atoms with Gasteiger partial charge >= 0.3 is 0 Å². The maximum absolute atomic E-state index is 12.5. The zero-order chi connectivity index (χ0) is 17.1. The Morgan fingerprint density at radius 3 is 2.46 bits per heavy atom. The summed E-state index contributed by atoms with van der Waals surface area (Å²) in [5, 5.41) is 10.7. The molecule has 1 aliphatic heterocycles. The number of hydrogen-bond acceptors (Lipinski definition) is 5. The molecule has 0 radical (unpaired) electrons. The highest BCUT2D eigenvalue weighted by atomic mass is 16.5. The van der Waals surface area contributed by atoms with E-state index in [0.29, 0.717) is 11.6 Å². The molecule has 1 fully saturated rings. The van der Waals surface area contributed by atoms with Crippen LogP contribution >= 0.6 is 0 Å². The van der Waals surface area contributed by atoms with Gasteiger partial charge in [-0.05, 0) is 38.1 Å². The van der Waals surface area contributed by atoms with Gasteiger partial charge in [0.15, 0.2) is 0 Å². The lowest BCUT2D eigenvalue weighted by Gasteiger charge is -2.20. The summed E-state index contributed by atoms with van der Waals surface area (Å²) in [7, 11) is 1.70. The molecule has 128 valence electrons. The lowest BCUT2D eigenvalue weighted by atomic mass is 10.1. The third-order valence-corrected chi connectivity index (χ3v) is 4.49. The predicted molar refractivity (Wildman–Crippen MR) is 90.1 cm³/mol. The van der Waals surface area contributed by atoms with Crippen LogP contribution in [0.5, 0.6) is 0 Å². The van der Waals surface area contributed by atoms with Crippen LogP contribution in [0.1, 0.15) is 24.2 Å². The minimum atomic E-state index is -0.0806. The first-order chi connectivity index (χ1) is 11.6. The second-order valence-electron chi connectivity index (χ2n) is 6.32. The predicted octanol–water partition coefficient (Wildman–Crippen LogP) is 1.10. The second-order valence-corrected chi connectivity index (χ2v) is 6.32. The van der Waals surface area contributed by atoms with Crippen molar-refractivity contribution >= 4 is 5.91 Å². The summed E-state index contributed by atoms with van der Waals surface area (Å²) in [4.78, 5) is 14.8. The molecular weight excluding hydrogens is 306 g/mol. The number of benzene rings is 1. The molecule has 7 nitrogen and oxygen atoms in total. The monoisotopic (exact) mass is 329 g/mol. The van der Waals surface area contributed by atoms with Gasteiger partial charge in [-0.3, -0.25) is 14.3 Å². The molecule has 2 unspecified atom stereocenters. The quantitative estimate of drug-likeness (QED) is 0.889. The molecule has 1 aliphatic rings. The molecular formula is C17H23N5O2. The van der Waals surface area contributed by atoms with Gasteiger partial charge in [0.1, 0.15) is 12.7 Å². The van der Waals surface area contributed by atoms with Gasteiger partial charge in [0, 0.05) is 37.5 Å². The summed E-state index contributed by atoms with van der Waals surface area (Å²) in [6.07, 6.45) is 3.27. The van der Waals surface area contributed by atoms with Crippen LogP contribution in [0.15, 0.2) is 36.9 Å². The van der Waals surface area contributed by atoms with Crippen molar-refractivity contribution in [2.75, 3.05) is 20.2 Å². The van der Waals surface area contributed by atoms with Crippen molar-refractivity contribution in [2.45, 2.75) is 32.0 Å². The minimum Gasteiger partial charge on any atom is -0.378 e. The summed E-state index contributed by atoms with van der Waals surface area (Å²) in [5.74, 6) is -0.0806. The second kappa shape index (κ2) is 7.11. The van der Waals surface area contributed by atoms with Crippen LogP contribution in [-0.4, -0.2) is 64.0 Å². The third kappa shape index (κ3) is 3.47. The van der Waals surface area contributed by atoms with Gasteiger partial charge in [-0.25, -0.2) is 0 Å². The maximum atomic E-state index is 12.5. The fourth-order valence-corrected chi connectivity index (χ4v) is 2.97. The van der Waals surface area contributed by atoms with E-state index in [0.717, 1.165) is 18.8 Å². The molecule has 1 amide bonds. The van der Waals surface area contributed by atoms with E-state index in [9.17, 15) is 4.79 Å². The molecule has 2 aromatic rings. The van der Waals surface area contributed by atoms with Gasteiger partial charge in [-0.1, -0.05) is 0 Å². The van der Waals surface area contributed by atoms with Gasteiger partial charge in [-0.2, -0.15) is 0 Å². The van der Waals surface area contributed by atoms with E-state index >= 15 is 0 Å². The van der Waals surface area contributed by atoms with Crippen LogP contribution in [0.3, 0.4) is 0 Å². The standard InChI is InChI=1S/C17H23N5O2/c1-12(2)21-8-15(16(9-21)24-3)20-17(23)13-4-6-14(7-5-13)22-10-18-19-11-22/h4-7,10-12,15-16H,8-9H2,1-3H3,(H,20,23). The summed E-state index contributed by atoms with van der Waals surface area (Å²) >= 11 is 0. The Balaban J connectivity index is 1.66. The molecule has 24 heavy (non-hydrogen) atoms. The average molecular weight is 329 g/mol. The number of nitrogens with zero attached hydrogens (tertiary/aromatic N) is 4. The average Bonchev–Trinajstić information content (AvgIpc) is 3.24. The first kappa shape index (κ1) is 16.6. The number of carbonyl (C=O) groups excluding carboxylic acids is 1. The van der Waals surface area contributed by atoms with E-state index in [1.54, 1.807) is 24.3 Å². The lowest BCUT2D eigenvalue weighted by molar-refractivity contribution is 0.0753. The number of likely N-dealkylation sites (tertiary alicyclic amines) is 1. The molecule has 0 bridgehead atoms. The highest BCUT2D eigenvalue weighted by Gasteiger charge is 2.35. The van der Waals surface area contributed by atoms with Crippen molar-refractivity contribution in [3.63, 3.8) is 0 Å². The lowest BCUT2D eigenvalue weighted by Crippen LogP contribution is -2.43. The fraction of sp³-hybridized carbons (Fsp3) is 0.471. The number of rotatable bonds is 5. The zero-order valence-electron chi connectivity index (χ0n) is 14.2. The van der Waals surface area contributed by atoms with E-state index in [1.165, 1.54) is 0 Å². The molecule has 7 heteroatoms. The Bertz CT molecular complexity index is 669. The number of amides is 1. The molecule has 1 aromatic heterocycles. The third-order valence-electron chi connectivity index (χ3n) is 4.49. The normalized spacial score (nSPS) is 21.3. The van der Waals surface area contributed by atoms with Crippen LogP contribution in [0.25, 0.3) is 5.69 Å². The van der Waals surface area contributed by atoms with E-state index in [1.807, 2.05) is 24.3 Å². The van der Waals surface area contributed by atoms with Crippen LogP contribution in [0.2, 0.25) is 0 Å². The minimum absolute atomic E-state index is 0.00225. The van der Waals surface area contributed by atoms with Crippen molar-refractivity contribution in [2.24, 2.45) is 0 Å². The number of methoxy groups -OCH3 is 1. The Hall–Kier alpha value is -2.25. The number of ether oxygens (including phenoxy) is 1. The first-order valence-corrected chi connectivity index (χ1v) is 8.11. The number of nitrogens with one attached hydrogen (secondary N) is 1. The van der Waals surface area contributed by atoms with Crippen molar-refractivity contribution in [3.8, 4) is 5.69 Å². The summed E-state index contributed by atoms with van der Waals surface area (Å²) < 4.78 is 7.33. The van der Waals surface area contributed by atoms with Gasteiger partial charge in [-0.15, -0.1) is 10.2 Å². The Morgan fingerprint density at radius 2 is 1.88 bits per heavy atom. The Labute approximate surface area is 141 Å². The number of hydrogen-bond donors (Lipinski definition) is 1. The van der Waals surface area contributed by atoms with Crippen LogP contribution < -0.4 is 5.32 Å². The molecule has 0 spiro atoms. The number of aromatic nitrogens is 3. The molecule has 1 N–H and O–H groups in total. The van der Waals surface area contributed by atoms with E-state index in [-0.39, 0.29) is 18.1 Å². The van der Waals surface area contributed by atoms with Crippen LogP contribution in [0.4, 0.5) is 0 Å².